The summed E-state index contributed by atoms with van der Waals surface area (Å²) < 4.78 is 5.75. The number of hydrogen-bond donors (Lipinski definition) is 1. The molecule has 0 spiro atoms. The standard InChI is InChI=1S/C15H18N2O2/c1-10-9-16-7-8-17(10)15(18)14-11(2)12-5-3-4-6-13(12)19-14/h3-6,10,16H,7-9H2,1-2H3. The smallest absolute Gasteiger partial charge is 0.290 e. The van der Waals surface area contributed by atoms with Crippen molar-refractivity contribution in [2.24, 2.45) is 0 Å². The fraction of sp³-hybridized carbons (Fsp3) is 0.400. The number of para-hydroxylation sites is 1. The third-order valence-electron chi connectivity index (χ3n) is 3.80. The number of piperazine rings is 1. The molecule has 0 aliphatic carbocycles. The van der Waals surface area contributed by atoms with Crippen molar-refractivity contribution in [2.75, 3.05) is 19.6 Å². The molecule has 0 radical (unpaired) electrons. The third kappa shape index (κ3) is 2.02. The van der Waals surface area contributed by atoms with E-state index in [2.05, 4.69) is 12.2 Å². The number of rotatable bonds is 1. The number of nitrogens with one attached hydrogen (secondary N) is 1. The van der Waals surface area contributed by atoms with E-state index in [0.29, 0.717) is 5.76 Å². The van der Waals surface area contributed by atoms with E-state index in [-0.39, 0.29) is 11.9 Å². The summed E-state index contributed by atoms with van der Waals surface area (Å²) in [6, 6.07) is 7.99. The Labute approximate surface area is 112 Å². The molecule has 1 unspecified atom stereocenters. The molecule has 1 aromatic carbocycles. The van der Waals surface area contributed by atoms with Crippen LogP contribution in [0.5, 0.6) is 0 Å². The van der Waals surface area contributed by atoms with Crippen LogP contribution < -0.4 is 5.32 Å². The van der Waals surface area contributed by atoms with Gasteiger partial charge in [-0.25, -0.2) is 0 Å². The third-order valence-corrected chi connectivity index (χ3v) is 3.80. The lowest BCUT2D eigenvalue weighted by molar-refractivity contribution is 0.0624. The fourth-order valence-corrected chi connectivity index (χ4v) is 2.65. The molecule has 1 N–H and O–H groups in total. The first-order valence-electron chi connectivity index (χ1n) is 6.68. The lowest BCUT2D eigenvalue weighted by Crippen LogP contribution is -2.52. The second kappa shape index (κ2) is 4.70. The zero-order valence-electron chi connectivity index (χ0n) is 11.3. The van der Waals surface area contributed by atoms with Gasteiger partial charge in [-0.2, -0.15) is 0 Å². The van der Waals surface area contributed by atoms with Crippen LogP contribution in [-0.2, 0) is 0 Å². The summed E-state index contributed by atoms with van der Waals surface area (Å²) in [4.78, 5) is 14.5. The molecule has 0 saturated carbocycles. The van der Waals surface area contributed by atoms with Crippen LogP contribution in [0.4, 0.5) is 0 Å². The molecule has 1 amide bonds. The Hall–Kier alpha value is -1.81. The quantitative estimate of drug-likeness (QED) is 0.852. The van der Waals surface area contributed by atoms with Gasteiger partial charge < -0.3 is 14.6 Å². The topological polar surface area (TPSA) is 45.5 Å². The van der Waals surface area contributed by atoms with Crippen LogP contribution >= 0.6 is 0 Å². The van der Waals surface area contributed by atoms with Crippen LogP contribution in [0, 0.1) is 6.92 Å². The van der Waals surface area contributed by atoms with Crippen LogP contribution in [0.15, 0.2) is 28.7 Å². The van der Waals surface area contributed by atoms with Crippen LogP contribution in [0.2, 0.25) is 0 Å². The Morgan fingerprint density at radius 2 is 2.21 bits per heavy atom. The van der Waals surface area contributed by atoms with Crippen LogP contribution in [-0.4, -0.2) is 36.5 Å². The van der Waals surface area contributed by atoms with E-state index in [9.17, 15) is 4.79 Å². The molecule has 4 nitrogen and oxygen atoms in total. The first kappa shape index (κ1) is 12.2. The minimum absolute atomic E-state index is 0.00250. The molecule has 1 aromatic heterocycles. The number of hydrogen-bond acceptors (Lipinski definition) is 3. The molecular formula is C15H18N2O2. The van der Waals surface area contributed by atoms with Crippen LogP contribution in [0.25, 0.3) is 11.0 Å². The van der Waals surface area contributed by atoms with Gasteiger partial charge in [-0.3, -0.25) is 4.79 Å². The number of amides is 1. The van der Waals surface area contributed by atoms with E-state index >= 15 is 0 Å². The van der Waals surface area contributed by atoms with Gasteiger partial charge in [0, 0.05) is 36.6 Å². The van der Waals surface area contributed by atoms with Crippen molar-refractivity contribution in [3.05, 3.63) is 35.6 Å². The second-order valence-electron chi connectivity index (χ2n) is 5.10. The minimum atomic E-state index is 0.00250. The number of carbonyl (C=O) groups is 1. The molecule has 2 aromatic rings. The van der Waals surface area contributed by atoms with Gasteiger partial charge in [0.1, 0.15) is 5.58 Å². The second-order valence-corrected chi connectivity index (χ2v) is 5.10. The average Bonchev–Trinajstić information content (AvgIpc) is 2.77. The zero-order valence-corrected chi connectivity index (χ0v) is 11.3. The van der Waals surface area contributed by atoms with Crippen LogP contribution in [0.3, 0.4) is 0 Å². The van der Waals surface area contributed by atoms with Crippen molar-refractivity contribution in [3.63, 3.8) is 0 Å². The molecule has 1 aliphatic heterocycles. The summed E-state index contributed by atoms with van der Waals surface area (Å²) in [5, 5.41) is 4.31. The molecule has 1 saturated heterocycles. The molecule has 4 heteroatoms. The summed E-state index contributed by atoms with van der Waals surface area (Å²) in [6.07, 6.45) is 0. The summed E-state index contributed by atoms with van der Waals surface area (Å²) in [7, 11) is 0. The summed E-state index contributed by atoms with van der Waals surface area (Å²) in [5.74, 6) is 0.484. The highest BCUT2D eigenvalue weighted by Gasteiger charge is 2.28. The number of fused-ring (bicyclic) bond motifs is 1. The van der Waals surface area contributed by atoms with Gasteiger partial charge in [0.25, 0.3) is 5.91 Å². The molecule has 1 fully saturated rings. The van der Waals surface area contributed by atoms with E-state index in [1.165, 1.54) is 0 Å². The highest BCUT2D eigenvalue weighted by Crippen LogP contribution is 2.26. The van der Waals surface area contributed by atoms with Crippen LogP contribution in [0.1, 0.15) is 23.0 Å². The van der Waals surface area contributed by atoms with E-state index < -0.39 is 0 Å². The summed E-state index contributed by atoms with van der Waals surface area (Å²) >= 11 is 0. The van der Waals surface area contributed by atoms with Crippen molar-refractivity contribution >= 4 is 16.9 Å². The Kier molecular flexibility index (Phi) is 3.03. The Bertz CT molecular complexity index is 618. The van der Waals surface area contributed by atoms with Gasteiger partial charge in [0.2, 0.25) is 0 Å². The first-order chi connectivity index (χ1) is 9.18. The Morgan fingerprint density at radius 3 is 2.95 bits per heavy atom. The SMILES string of the molecule is Cc1c(C(=O)N2CCNCC2C)oc2ccccc12. The fourth-order valence-electron chi connectivity index (χ4n) is 2.65. The maximum atomic E-state index is 12.6. The molecular weight excluding hydrogens is 240 g/mol. The Morgan fingerprint density at radius 1 is 1.42 bits per heavy atom. The number of benzene rings is 1. The van der Waals surface area contributed by atoms with Crippen molar-refractivity contribution < 1.29 is 9.21 Å². The number of carbonyl (C=O) groups excluding carboxylic acids is 1. The van der Waals surface area contributed by atoms with Gasteiger partial charge in [0.05, 0.1) is 0 Å². The molecule has 100 valence electrons. The molecule has 3 rings (SSSR count). The lowest BCUT2D eigenvalue weighted by Gasteiger charge is -2.33. The molecule has 0 bridgehead atoms. The number of aryl methyl sites for hydroxylation is 1. The van der Waals surface area contributed by atoms with E-state index in [4.69, 9.17) is 4.42 Å². The minimum Gasteiger partial charge on any atom is -0.451 e. The van der Waals surface area contributed by atoms with E-state index in [0.717, 1.165) is 36.2 Å². The van der Waals surface area contributed by atoms with Gasteiger partial charge in [-0.05, 0) is 19.9 Å². The monoisotopic (exact) mass is 258 g/mol. The average molecular weight is 258 g/mol. The van der Waals surface area contributed by atoms with Gasteiger partial charge in [-0.1, -0.05) is 18.2 Å². The molecule has 2 heterocycles. The molecule has 1 atom stereocenters. The molecule has 19 heavy (non-hydrogen) atoms. The maximum Gasteiger partial charge on any atom is 0.290 e. The highest BCUT2D eigenvalue weighted by atomic mass is 16.3. The van der Waals surface area contributed by atoms with Gasteiger partial charge in [-0.15, -0.1) is 0 Å². The predicted molar refractivity (Wildman–Crippen MR) is 74.3 cm³/mol. The highest BCUT2D eigenvalue weighted by molar-refractivity contribution is 5.99. The normalized spacial score (nSPS) is 19.9. The zero-order chi connectivity index (χ0) is 13.4. The van der Waals surface area contributed by atoms with Crippen molar-refractivity contribution in [2.45, 2.75) is 19.9 Å². The summed E-state index contributed by atoms with van der Waals surface area (Å²) in [5.41, 5.74) is 1.72. The number of furan rings is 1. The van der Waals surface area contributed by atoms with Gasteiger partial charge in [0.15, 0.2) is 5.76 Å². The van der Waals surface area contributed by atoms with Crippen molar-refractivity contribution in [1.29, 1.82) is 0 Å². The lowest BCUT2D eigenvalue weighted by atomic mass is 10.1. The largest absolute Gasteiger partial charge is 0.451 e. The molecule has 1 aliphatic rings. The van der Waals surface area contributed by atoms with Crippen molar-refractivity contribution in [3.8, 4) is 0 Å². The summed E-state index contributed by atoms with van der Waals surface area (Å²) in [6.45, 7) is 6.42. The van der Waals surface area contributed by atoms with E-state index in [1.807, 2.05) is 36.1 Å². The first-order valence-corrected chi connectivity index (χ1v) is 6.68. The maximum absolute atomic E-state index is 12.6. The number of nitrogens with zero attached hydrogens (tertiary/aromatic N) is 1. The van der Waals surface area contributed by atoms with Gasteiger partial charge >= 0.3 is 0 Å². The van der Waals surface area contributed by atoms with E-state index in [1.54, 1.807) is 0 Å². The Balaban J connectivity index is 1.99. The predicted octanol–water partition coefficient (Wildman–Crippen LogP) is 2.18. The van der Waals surface area contributed by atoms with Crippen molar-refractivity contribution in [1.82, 2.24) is 10.2 Å².